The number of hydrogen-bond acceptors (Lipinski definition) is 9. The van der Waals surface area contributed by atoms with Crippen molar-refractivity contribution >= 4 is 45.2 Å². The Morgan fingerprint density at radius 3 is 2.83 bits per heavy atom. The molecule has 2 aromatic heterocycles. The van der Waals surface area contributed by atoms with E-state index >= 15 is 0 Å². The van der Waals surface area contributed by atoms with Crippen LogP contribution in [0, 0.1) is 11.6 Å². The van der Waals surface area contributed by atoms with Gasteiger partial charge in [-0.3, -0.25) is 9.52 Å². The number of anilines is 1. The Morgan fingerprint density at radius 2 is 2.10 bits per heavy atom. The van der Waals surface area contributed by atoms with E-state index in [0.29, 0.717) is 6.29 Å². The van der Waals surface area contributed by atoms with E-state index in [2.05, 4.69) is 19.7 Å². The van der Waals surface area contributed by atoms with Crippen molar-refractivity contribution in [3.05, 3.63) is 53.0 Å². The van der Waals surface area contributed by atoms with Gasteiger partial charge in [0.1, 0.15) is 12.4 Å². The molecule has 0 fully saturated rings. The van der Waals surface area contributed by atoms with Crippen LogP contribution in [-0.4, -0.2) is 36.3 Å². The molecule has 8 nitrogen and oxygen atoms in total. The molecule has 0 atom stereocenters. The van der Waals surface area contributed by atoms with Gasteiger partial charge in [0.25, 0.3) is 10.0 Å². The van der Waals surface area contributed by atoms with Crippen LogP contribution >= 0.6 is 23.1 Å². The molecule has 1 aromatic carbocycles. The van der Waals surface area contributed by atoms with Gasteiger partial charge in [0, 0.05) is 29.0 Å². The third-order valence-electron chi connectivity index (χ3n) is 3.25. The molecule has 29 heavy (non-hydrogen) atoms. The molecule has 0 aliphatic heterocycles. The number of carbonyl (C=O) groups is 1. The summed E-state index contributed by atoms with van der Waals surface area (Å²) in [6.07, 6.45) is 1.84. The number of benzene rings is 1. The molecule has 13 heteroatoms. The molecule has 0 unspecified atom stereocenters. The Bertz CT molecular complexity index is 1110. The zero-order chi connectivity index (χ0) is 20.9. The topological polar surface area (TPSA) is 111 Å². The van der Waals surface area contributed by atoms with E-state index in [1.807, 2.05) is 0 Å². The summed E-state index contributed by atoms with van der Waals surface area (Å²) in [6.45, 7) is -0.307. The van der Waals surface area contributed by atoms with Crippen LogP contribution in [0.1, 0.15) is 5.56 Å². The highest BCUT2D eigenvalue weighted by molar-refractivity contribution is 7.98. The average molecular weight is 458 g/mol. The predicted molar refractivity (Wildman–Crippen MR) is 102 cm³/mol. The number of aldehydes is 1. The fourth-order valence-electron chi connectivity index (χ4n) is 2.04. The summed E-state index contributed by atoms with van der Waals surface area (Å²) in [5, 5.41) is 1.54. The normalized spacial score (nSPS) is 11.2. The Hall–Kier alpha value is -2.64. The number of hydrogen-bond donors (Lipinski definition) is 1. The van der Waals surface area contributed by atoms with Gasteiger partial charge in [-0.25, -0.2) is 18.7 Å². The summed E-state index contributed by atoms with van der Waals surface area (Å²) in [6, 6.07) is 4.97. The predicted octanol–water partition coefficient (Wildman–Crippen LogP) is 2.88. The molecule has 152 valence electrons. The van der Waals surface area contributed by atoms with E-state index in [1.165, 1.54) is 29.8 Å². The first-order valence-electron chi connectivity index (χ1n) is 7.82. The van der Waals surface area contributed by atoms with Gasteiger partial charge in [-0.15, -0.1) is 11.3 Å². The second-order valence-corrected chi connectivity index (χ2v) is 8.95. The molecule has 0 radical (unpaired) electrons. The number of thioether (sulfide) groups is 1. The van der Waals surface area contributed by atoms with E-state index in [0.717, 1.165) is 29.2 Å². The van der Waals surface area contributed by atoms with Gasteiger partial charge in [0.15, 0.2) is 23.1 Å². The van der Waals surface area contributed by atoms with Gasteiger partial charge in [-0.2, -0.15) is 13.4 Å². The molecular weight excluding hydrogens is 446 g/mol. The van der Waals surface area contributed by atoms with Gasteiger partial charge in [0.05, 0.1) is 0 Å². The number of carbonyl (C=O) groups excluding carboxylic acids is 1. The third kappa shape index (κ3) is 5.46. The largest absolute Gasteiger partial charge is 0.470 e. The molecular formula is C16H12F2N4O4S3. The van der Waals surface area contributed by atoms with Crippen molar-refractivity contribution in [1.82, 2.24) is 15.0 Å². The maximum absolute atomic E-state index is 13.8. The summed E-state index contributed by atoms with van der Waals surface area (Å²) >= 11 is 1.85. The maximum Gasteiger partial charge on any atom is 0.290 e. The van der Waals surface area contributed by atoms with Crippen molar-refractivity contribution in [2.75, 3.05) is 11.3 Å². The van der Waals surface area contributed by atoms with Crippen LogP contribution in [0.4, 0.5) is 14.6 Å². The minimum absolute atomic E-state index is 0.0145. The zero-order valence-electron chi connectivity index (χ0n) is 14.4. The Kier molecular flexibility index (Phi) is 6.71. The number of ether oxygens (including phenoxy) is 1. The van der Waals surface area contributed by atoms with Gasteiger partial charge >= 0.3 is 0 Å². The molecule has 0 saturated heterocycles. The number of rotatable bonds is 9. The standard InChI is InChI=1S/C16H12F2N4O4S3/c17-11-3-1-2-10(14(11)18)9-28-15-20-12(8-13(21-15)26-6-5-23)22-29(24,25)16-19-4-7-27-16/h1-5,7-8H,6,9H2,(H,20,21,22). The van der Waals surface area contributed by atoms with E-state index in [9.17, 15) is 22.0 Å². The van der Waals surface area contributed by atoms with Crippen LogP contribution in [0.3, 0.4) is 0 Å². The van der Waals surface area contributed by atoms with E-state index in [1.54, 1.807) is 0 Å². The average Bonchev–Trinajstić information content (AvgIpc) is 3.23. The first-order valence-corrected chi connectivity index (χ1v) is 11.2. The number of halogens is 2. The molecule has 1 N–H and O–H groups in total. The minimum atomic E-state index is -3.98. The lowest BCUT2D eigenvalue weighted by molar-refractivity contribution is -0.109. The van der Waals surface area contributed by atoms with Crippen LogP contribution in [0.15, 0.2) is 45.3 Å². The second-order valence-electron chi connectivity index (χ2n) is 5.26. The Morgan fingerprint density at radius 1 is 1.28 bits per heavy atom. The highest BCUT2D eigenvalue weighted by Crippen LogP contribution is 2.27. The Labute approximate surface area is 172 Å². The first kappa shape index (κ1) is 21.1. The van der Waals surface area contributed by atoms with Crippen LogP contribution in [0.2, 0.25) is 0 Å². The van der Waals surface area contributed by atoms with Crippen molar-refractivity contribution in [3.63, 3.8) is 0 Å². The summed E-state index contributed by atoms with van der Waals surface area (Å²) in [7, 11) is -3.98. The maximum atomic E-state index is 13.8. The zero-order valence-corrected chi connectivity index (χ0v) is 16.9. The lowest BCUT2D eigenvalue weighted by Crippen LogP contribution is -2.14. The smallest absolute Gasteiger partial charge is 0.290 e. The molecule has 0 saturated carbocycles. The van der Waals surface area contributed by atoms with Crippen molar-refractivity contribution in [2.45, 2.75) is 15.2 Å². The number of nitrogens with zero attached hydrogens (tertiary/aromatic N) is 3. The number of nitrogens with one attached hydrogen (secondary N) is 1. The monoisotopic (exact) mass is 458 g/mol. The lowest BCUT2D eigenvalue weighted by atomic mass is 10.2. The Balaban J connectivity index is 1.85. The van der Waals surface area contributed by atoms with Gasteiger partial charge in [-0.05, 0) is 6.07 Å². The van der Waals surface area contributed by atoms with Crippen LogP contribution in [-0.2, 0) is 20.6 Å². The molecule has 0 amide bonds. The van der Waals surface area contributed by atoms with Crippen molar-refractivity contribution in [1.29, 1.82) is 0 Å². The summed E-state index contributed by atoms with van der Waals surface area (Å²) < 4.78 is 59.1. The number of sulfonamides is 1. The van der Waals surface area contributed by atoms with Crippen molar-refractivity contribution in [2.24, 2.45) is 0 Å². The molecule has 0 aliphatic rings. The van der Waals surface area contributed by atoms with Crippen LogP contribution < -0.4 is 9.46 Å². The molecule has 0 bridgehead atoms. The fourth-order valence-corrected chi connectivity index (χ4v) is 4.69. The number of aromatic nitrogens is 3. The molecule has 0 spiro atoms. The summed E-state index contributed by atoms with van der Waals surface area (Å²) in [5.41, 5.74) is 0.0859. The van der Waals surface area contributed by atoms with Gasteiger partial charge < -0.3 is 4.74 Å². The van der Waals surface area contributed by atoms with Gasteiger partial charge in [-0.1, -0.05) is 23.9 Å². The van der Waals surface area contributed by atoms with Crippen molar-refractivity contribution in [3.8, 4) is 5.88 Å². The summed E-state index contributed by atoms with van der Waals surface area (Å²) in [5.74, 6) is -2.18. The van der Waals surface area contributed by atoms with Crippen LogP contribution in [0.25, 0.3) is 0 Å². The lowest BCUT2D eigenvalue weighted by Gasteiger charge is -2.09. The van der Waals surface area contributed by atoms with E-state index < -0.39 is 21.7 Å². The highest BCUT2D eigenvalue weighted by atomic mass is 32.2. The number of thiazole rings is 1. The molecule has 0 aliphatic carbocycles. The van der Waals surface area contributed by atoms with Gasteiger partial charge in [0.2, 0.25) is 10.2 Å². The second kappa shape index (κ2) is 9.24. The first-order chi connectivity index (χ1) is 13.9. The SMILES string of the molecule is O=CCOc1cc(NS(=O)(=O)c2nccs2)nc(SCc2cccc(F)c2F)n1. The molecule has 2 heterocycles. The molecule has 3 rings (SSSR count). The highest BCUT2D eigenvalue weighted by Gasteiger charge is 2.19. The van der Waals surface area contributed by atoms with Crippen molar-refractivity contribution < 1.29 is 26.7 Å². The van der Waals surface area contributed by atoms with Crippen LogP contribution in [0.5, 0.6) is 5.88 Å². The van der Waals surface area contributed by atoms with E-state index in [4.69, 9.17) is 4.74 Å². The quantitative estimate of drug-likeness (QED) is 0.296. The minimum Gasteiger partial charge on any atom is -0.470 e. The third-order valence-corrected chi connectivity index (χ3v) is 6.70. The fraction of sp³-hybridized carbons (Fsp3) is 0.125. The molecule has 3 aromatic rings. The summed E-state index contributed by atoms with van der Waals surface area (Å²) in [4.78, 5) is 22.4. The van der Waals surface area contributed by atoms with E-state index in [-0.39, 0.29) is 39.1 Å².